The summed E-state index contributed by atoms with van der Waals surface area (Å²) in [6.45, 7) is 2.61. The van der Waals surface area contributed by atoms with Crippen LogP contribution in [-0.4, -0.2) is 19.1 Å². The molecule has 1 atom stereocenters. The Kier molecular flexibility index (Phi) is 4.66. The number of amides is 1. The molecule has 1 aliphatic rings. The standard InChI is InChI=1S/C14H19ClN2O2/c1-9(16)12-6-11(15)4-5-13(12)19-8-14(18)17-7-10-2-3-10/h4-6,9-10H,2-3,7-8,16H2,1H3,(H,17,18). The number of carbonyl (C=O) groups is 1. The topological polar surface area (TPSA) is 64.3 Å². The molecule has 0 bridgehead atoms. The largest absolute Gasteiger partial charge is 0.483 e. The van der Waals surface area contributed by atoms with Gasteiger partial charge in [0.25, 0.3) is 5.91 Å². The minimum absolute atomic E-state index is 0.00801. The molecular formula is C14H19ClN2O2. The second kappa shape index (κ2) is 6.26. The van der Waals surface area contributed by atoms with Crippen LogP contribution in [0.3, 0.4) is 0 Å². The third-order valence-electron chi connectivity index (χ3n) is 3.11. The maximum atomic E-state index is 11.6. The van der Waals surface area contributed by atoms with E-state index in [-0.39, 0.29) is 18.6 Å². The molecule has 1 aromatic carbocycles. The van der Waals surface area contributed by atoms with Gasteiger partial charge in [0.1, 0.15) is 5.75 Å². The molecule has 0 aromatic heterocycles. The lowest BCUT2D eigenvalue weighted by atomic mass is 10.1. The molecule has 0 aliphatic heterocycles. The molecule has 2 rings (SSSR count). The highest BCUT2D eigenvalue weighted by Crippen LogP contribution is 2.28. The van der Waals surface area contributed by atoms with Crippen molar-refractivity contribution in [2.45, 2.75) is 25.8 Å². The molecule has 1 fully saturated rings. The first-order chi connectivity index (χ1) is 9.06. The Labute approximate surface area is 118 Å². The number of hydrogen-bond donors (Lipinski definition) is 2. The van der Waals surface area contributed by atoms with Gasteiger partial charge in [-0.15, -0.1) is 0 Å². The van der Waals surface area contributed by atoms with Crippen LogP contribution in [0, 0.1) is 5.92 Å². The first kappa shape index (κ1) is 14.2. The Morgan fingerprint density at radius 2 is 2.32 bits per heavy atom. The third-order valence-corrected chi connectivity index (χ3v) is 3.34. The predicted molar refractivity (Wildman–Crippen MR) is 75.3 cm³/mol. The minimum atomic E-state index is -0.191. The normalized spacial score (nSPS) is 15.9. The molecule has 1 unspecified atom stereocenters. The Morgan fingerprint density at radius 3 is 2.95 bits per heavy atom. The van der Waals surface area contributed by atoms with Gasteiger partial charge in [-0.2, -0.15) is 0 Å². The van der Waals surface area contributed by atoms with Crippen LogP contribution in [0.25, 0.3) is 0 Å². The lowest BCUT2D eigenvalue weighted by Gasteiger charge is -2.14. The van der Waals surface area contributed by atoms with Crippen molar-refractivity contribution in [3.63, 3.8) is 0 Å². The van der Waals surface area contributed by atoms with Gasteiger partial charge in [0.05, 0.1) is 0 Å². The number of hydrogen-bond acceptors (Lipinski definition) is 3. The van der Waals surface area contributed by atoms with Crippen molar-refractivity contribution in [2.75, 3.05) is 13.2 Å². The number of rotatable bonds is 6. The number of nitrogens with two attached hydrogens (primary N) is 1. The summed E-state index contributed by atoms with van der Waals surface area (Å²) in [5.41, 5.74) is 6.67. The second-order valence-electron chi connectivity index (χ2n) is 5.01. The Balaban J connectivity index is 1.88. The van der Waals surface area contributed by atoms with Crippen LogP contribution in [0.5, 0.6) is 5.75 Å². The smallest absolute Gasteiger partial charge is 0.257 e. The van der Waals surface area contributed by atoms with Crippen LogP contribution in [0.2, 0.25) is 5.02 Å². The Hall–Kier alpha value is -1.26. The zero-order chi connectivity index (χ0) is 13.8. The van der Waals surface area contributed by atoms with Crippen LogP contribution in [0.4, 0.5) is 0 Å². The van der Waals surface area contributed by atoms with Gasteiger partial charge in [0.15, 0.2) is 6.61 Å². The van der Waals surface area contributed by atoms with E-state index in [4.69, 9.17) is 22.1 Å². The Bertz CT molecular complexity index is 459. The summed E-state index contributed by atoms with van der Waals surface area (Å²) in [5, 5.41) is 3.46. The van der Waals surface area contributed by atoms with E-state index in [2.05, 4.69) is 5.32 Å². The highest BCUT2D eigenvalue weighted by atomic mass is 35.5. The lowest BCUT2D eigenvalue weighted by molar-refractivity contribution is -0.123. The minimum Gasteiger partial charge on any atom is -0.483 e. The SMILES string of the molecule is CC(N)c1cc(Cl)ccc1OCC(=O)NCC1CC1. The molecule has 0 radical (unpaired) electrons. The quantitative estimate of drug-likeness (QED) is 0.841. The fourth-order valence-corrected chi connectivity index (χ4v) is 1.96. The van der Waals surface area contributed by atoms with Crippen molar-refractivity contribution >= 4 is 17.5 Å². The van der Waals surface area contributed by atoms with Crippen LogP contribution < -0.4 is 15.8 Å². The molecule has 4 nitrogen and oxygen atoms in total. The summed E-state index contributed by atoms with van der Waals surface area (Å²) in [6.07, 6.45) is 2.43. The molecule has 1 aliphatic carbocycles. The molecule has 1 amide bonds. The number of halogens is 1. The summed E-state index contributed by atoms with van der Waals surface area (Å²) in [7, 11) is 0. The molecular weight excluding hydrogens is 264 g/mol. The molecule has 5 heteroatoms. The molecule has 0 saturated heterocycles. The average molecular weight is 283 g/mol. The predicted octanol–water partition coefficient (Wildman–Crippen LogP) is 2.26. The van der Waals surface area contributed by atoms with Gasteiger partial charge in [-0.25, -0.2) is 0 Å². The van der Waals surface area contributed by atoms with Gasteiger partial charge < -0.3 is 15.8 Å². The van der Waals surface area contributed by atoms with Crippen molar-refractivity contribution in [2.24, 2.45) is 11.7 Å². The summed E-state index contributed by atoms with van der Waals surface area (Å²) in [4.78, 5) is 11.6. The van der Waals surface area contributed by atoms with Crippen molar-refractivity contribution in [1.82, 2.24) is 5.32 Å². The fourth-order valence-electron chi connectivity index (χ4n) is 1.78. The van der Waals surface area contributed by atoms with E-state index in [9.17, 15) is 4.79 Å². The number of nitrogens with one attached hydrogen (secondary N) is 1. The summed E-state index contributed by atoms with van der Waals surface area (Å²) in [6, 6.07) is 5.05. The van der Waals surface area contributed by atoms with Crippen molar-refractivity contribution in [3.05, 3.63) is 28.8 Å². The monoisotopic (exact) mass is 282 g/mol. The van der Waals surface area contributed by atoms with Crippen molar-refractivity contribution < 1.29 is 9.53 Å². The van der Waals surface area contributed by atoms with E-state index >= 15 is 0 Å². The van der Waals surface area contributed by atoms with E-state index in [0.717, 1.165) is 12.1 Å². The highest BCUT2D eigenvalue weighted by Gasteiger charge is 2.21. The van der Waals surface area contributed by atoms with E-state index < -0.39 is 0 Å². The number of carbonyl (C=O) groups excluding carboxylic acids is 1. The summed E-state index contributed by atoms with van der Waals surface area (Å²) < 4.78 is 5.52. The van der Waals surface area contributed by atoms with Crippen LogP contribution in [-0.2, 0) is 4.79 Å². The third kappa shape index (κ3) is 4.40. The molecule has 104 valence electrons. The van der Waals surface area contributed by atoms with Gasteiger partial charge in [0, 0.05) is 23.2 Å². The molecule has 1 saturated carbocycles. The lowest BCUT2D eigenvalue weighted by Crippen LogP contribution is -2.30. The average Bonchev–Trinajstić information content (AvgIpc) is 3.18. The van der Waals surface area contributed by atoms with Gasteiger partial charge in [-0.3, -0.25) is 4.79 Å². The molecule has 0 spiro atoms. The number of ether oxygens (including phenoxy) is 1. The molecule has 3 N–H and O–H groups in total. The van der Waals surface area contributed by atoms with E-state index in [0.29, 0.717) is 16.7 Å². The van der Waals surface area contributed by atoms with Crippen LogP contribution >= 0.6 is 11.6 Å². The van der Waals surface area contributed by atoms with Gasteiger partial charge in [-0.05, 0) is 43.9 Å². The number of benzene rings is 1. The molecule has 1 aromatic rings. The van der Waals surface area contributed by atoms with Gasteiger partial charge in [0.2, 0.25) is 0 Å². The van der Waals surface area contributed by atoms with Crippen molar-refractivity contribution in [1.29, 1.82) is 0 Å². The maximum Gasteiger partial charge on any atom is 0.257 e. The summed E-state index contributed by atoms with van der Waals surface area (Å²) in [5.74, 6) is 1.18. The maximum absolute atomic E-state index is 11.6. The summed E-state index contributed by atoms with van der Waals surface area (Å²) >= 11 is 5.92. The van der Waals surface area contributed by atoms with Crippen LogP contribution in [0.1, 0.15) is 31.4 Å². The highest BCUT2D eigenvalue weighted by molar-refractivity contribution is 6.30. The van der Waals surface area contributed by atoms with Crippen LogP contribution in [0.15, 0.2) is 18.2 Å². The second-order valence-corrected chi connectivity index (χ2v) is 5.44. The molecule has 0 heterocycles. The molecule has 19 heavy (non-hydrogen) atoms. The van der Waals surface area contributed by atoms with Crippen molar-refractivity contribution in [3.8, 4) is 5.75 Å². The zero-order valence-electron chi connectivity index (χ0n) is 11.0. The zero-order valence-corrected chi connectivity index (χ0v) is 11.7. The van der Waals surface area contributed by atoms with Gasteiger partial charge in [-0.1, -0.05) is 11.6 Å². The first-order valence-electron chi connectivity index (χ1n) is 6.51. The first-order valence-corrected chi connectivity index (χ1v) is 6.88. The van der Waals surface area contributed by atoms with Gasteiger partial charge >= 0.3 is 0 Å². The van der Waals surface area contributed by atoms with E-state index in [1.807, 2.05) is 6.92 Å². The fraction of sp³-hybridized carbons (Fsp3) is 0.500. The van der Waals surface area contributed by atoms with E-state index in [1.54, 1.807) is 18.2 Å². The Morgan fingerprint density at radius 1 is 1.58 bits per heavy atom. The van der Waals surface area contributed by atoms with E-state index in [1.165, 1.54) is 12.8 Å².